The van der Waals surface area contributed by atoms with Gasteiger partial charge in [-0.25, -0.2) is 0 Å². The molecule has 0 aromatic heterocycles. The van der Waals surface area contributed by atoms with E-state index in [1.807, 2.05) is 0 Å². The predicted octanol–water partition coefficient (Wildman–Crippen LogP) is 3.42. The van der Waals surface area contributed by atoms with Crippen LogP contribution in [0.5, 0.6) is 0 Å². The molecule has 0 aromatic rings. The van der Waals surface area contributed by atoms with Gasteiger partial charge in [0.05, 0.1) is 0 Å². The molecule has 19 heavy (non-hydrogen) atoms. The van der Waals surface area contributed by atoms with Gasteiger partial charge in [-0.15, -0.1) is 0 Å². The summed E-state index contributed by atoms with van der Waals surface area (Å²) in [6.45, 7) is 7.65. The Balaban J connectivity index is 1.66. The molecule has 3 atom stereocenters. The van der Waals surface area contributed by atoms with Gasteiger partial charge in [-0.1, -0.05) is 26.2 Å². The van der Waals surface area contributed by atoms with Gasteiger partial charge >= 0.3 is 0 Å². The van der Waals surface area contributed by atoms with E-state index in [1.165, 1.54) is 84.0 Å². The predicted molar refractivity (Wildman–Crippen MR) is 81.4 cm³/mol. The number of nitrogens with zero attached hydrogens (tertiary/aromatic N) is 1. The van der Waals surface area contributed by atoms with Crippen molar-refractivity contribution in [3.05, 3.63) is 0 Å². The summed E-state index contributed by atoms with van der Waals surface area (Å²) < 4.78 is 0. The van der Waals surface area contributed by atoms with Crippen LogP contribution in [0.25, 0.3) is 0 Å². The van der Waals surface area contributed by atoms with Crippen molar-refractivity contribution in [2.45, 2.75) is 70.8 Å². The lowest BCUT2D eigenvalue weighted by atomic mass is 9.75. The van der Waals surface area contributed by atoms with Gasteiger partial charge in [0, 0.05) is 19.1 Å². The Hall–Kier alpha value is -0.0800. The van der Waals surface area contributed by atoms with E-state index in [-0.39, 0.29) is 0 Å². The van der Waals surface area contributed by atoms with Crippen molar-refractivity contribution in [3.8, 4) is 0 Å². The molecule has 1 saturated carbocycles. The molecule has 2 heteroatoms. The topological polar surface area (TPSA) is 15.3 Å². The van der Waals surface area contributed by atoms with E-state index in [0.717, 1.165) is 12.0 Å². The van der Waals surface area contributed by atoms with Crippen molar-refractivity contribution in [2.24, 2.45) is 11.3 Å². The van der Waals surface area contributed by atoms with Crippen LogP contribution in [0, 0.1) is 11.3 Å². The average Bonchev–Trinajstić information content (AvgIpc) is 2.88. The molecule has 3 rings (SSSR count). The molecule has 3 fully saturated rings. The van der Waals surface area contributed by atoms with E-state index in [4.69, 9.17) is 0 Å². The Morgan fingerprint density at radius 1 is 1.16 bits per heavy atom. The number of hydrogen-bond donors (Lipinski definition) is 1. The second-order valence-corrected chi connectivity index (χ2v) is 7.40. The van der Waals surface area contributed by atoms with Gasteiger partial charge < -0.3 is 5.32 Å². The van der Waals surface area contributed by atoms with Crippen molar-refractivity contribution in [1.82, 2.24) is 10.2 Å². The first-order valence-electron chi connectivity index (χ1n) is 8.78. The second kappa shape index (κ2) is 6.13. The molecule has 3 aliphatic rings. The third-order valence-corrected chi connectivity index (χ3v) is 6.01. The number of nitrogens with one attached hydrogen (secondary N) is 1. The lowest BCUT2D eigenvalue weighted by molar-refractivity contribution is 0.0254. The zero-order chi connectivity index (χ0) is 13.1. The molecule has 0 bridgehead atoms. The van der Waals surface area contributed by atoms with Crippen LogP contribution in [0.2, 0.25) is 0 Å². The van der Waals surface area contributed by atoms with E-state index in [0.29, 0.717) is 5.41 Å². The molecule has 2 saturated heterocycles. The summed E-state index contributed by atoms with van der Waals surface area (Å²) in [5.41, 5.74) is 0.605. The molecule has 0 radical (unpaired) electrons. The number of hydrogen-bond acceptors (Lipinski definition) is 2. The Morgan fingerprint density at radius 2 is 2.00 bits per heavy atom. The van der Waals surface area contributed by atoms with Crippen LogP contribution in [0.15, 0.2) is 0 Å². The molecule has 3 unspecified atom stereocenters. The minimum atomic E-state index is 0.605. The fourth-order valence-corrected chi connectivity index (χ4v) is 5.11. The summed E-state index contributed by atoms with van der Waals surface area (Å²) in [4.78, 5) is 2.91. The molecule has 1 N–H and O–H groups in total. The van der Waals surface area contributed by atoms with Gasteiger partial charge in [0.2, 0.25) is 0 Å². The first kappa shape index (κ1) is 13.9. The van der Waals surface area contributed by atoms with Gasteiger partial charge in [0.25, 0.3) is 0 Å². The fourth-order valence-electron chi connectivity index (χ4n) is 5.11. The Labute approximate surface area is 119 Å². The first-order valence-corrected chi connectivity index (χ1v) is 8.78. The molecular weight excluding hydrogens is 232 g/mol. The highest BCUT2D eigenvalue weighted by Gasteiger charge is 2.40. The Kier molecular flexibility index (Phi) is 4.48. The van der Waals surface area contributed by atoms with Crippen LogP contribution in [0.3, 0.4) is 0 Å². The van der Waals surface area contributed by atoms with E-state index in [1.54, 1.807) is 0 Å². The Bertz CT molecular complexity index is 281. The largest absolute Gasteiger partial charge is 0.316 e. The summed E-state index contributed by atoms with van der Waals surface area (Å²) in [6.07, 6.45) is 13.1. The smallest absolute Gasteiger partial charge is 0.0124 e. The third kappa shape index (κ3) is 3.00. The lowest BCUT2D eigenvalue weighted by Gasteiger charge is -2.47. The summed E-state index contributed by atoms with van der Waals surface area (Å²) in [5, 5.41) is 3.63. The van der Waals surface area contributed by atoms with Crippen molar-refractivity contribution < 1.29 is 0 Å². The average molecular weight is 264 g/mol. The molecule has 0 aromatic carbocycles. The van der Waals surface area contributed by atoms with Crippen molar-refractivity contribution >= 4 is 0 Å². The molecule has 110 valence electrons. The monoisotopic (exact) mass is 264 g/mol. The van der Waals surface area contributed by atoms with Gasteiger partial charge in [-0.05, 0) is 62.9 Å². The van der Waals surface area contributed by atoms with Gasteiger partial charge in [-0.2, -0.15) is 0 Å². The van der Waals surface area contributed by atoms with Crippen LogP contribution in [-0.2, 0) is 0 Å². The molecular formula is C17H32N2. The first-order chi connectivity index (χ1) is 9.33. The zero-order valence-corrected chi connectivity index (χ0v) is 12.8. The van der Waals surface area contributed by atoms with Crippen molar-refractivity contribution in [2.75, 3.05) is 26.2 Å². The van der Waals surface area contributed by atoms with Crippen LogP contribution in [0.1, 0.15) is 64.7 Å². The van der Waals surface area contributed by atoms with Gasteiger partial charge in [0.1, 0.15) is 0 Å². The number of piperidine rings is 1. The van der Waals surface area contributed by atoms with E-state index < -0.39 is 0 Å². The zero-order valence-electron chi connectivity index (χ0n) is 12.8. The van der Waals surface area contributed by atoms with Crippen molar-refractivity contribution in [1.29, 1.82) is 0 Å². The van der Waals surface area contributed by atoms with Crippen LogP contribution in [-0.4, -0.2) is 37.1 Å². The molecule has 0 spiro atoms. The summed E-state index contributed by atoms with van der Waals surface area (Å²) >= 11 is 0. The highest BCUT2D eigenvalue weighted by Crippen LogP contribution is 2.39. The van der Waals surface area contributed by atoms with Gasteiger partial charge in [-0.3, -0.25) is 4.90 Å². The minimum absolute atomic E-state index is 0.605. The summed E-state index contributed by atoms with van der Waals surface area (Å²) in [7, 11) is 0. The normalized spacial score (nSPS) is 40.3. The molecule has 0 amide bonds. The van der Waals surface area contributed by atoms with Crippen LogP contribution < -0.4 is 5.32 Å². The third-order valence-electron chi connectivity index (χ3n) is 6.01. The minimum Gasteiger partial charge on any atom is -0.316 e. The number of likely N-dealkylation sites (tertiary alicyclic amines) is 1. The molecule has 2 nitrogen and oxygen atoms in total. The number of rotatable bonds is 4. The SMILES string of the molecule is CCCC1(CN2CCCC3CCCCC32)CCNC1. The van der Waals surface area contributed by atoms with E-state index >= 15 is 0 Å². The molecule has 2 aliphatic heterocycles. The maximum absolute atomic E-state index is 3.63. The van der Waals surface area contributed by atoms with Gasteiger partial charge in [0.15, 0.2) is 0 Å². The highest BCUT2D eigenvalue weighted by atomic mass is 15.2. The second-order valence-electron chi connectivity index (χ2n) is 7.40. The molecule has 2 heterocycles. The fraction of sp³-hybridized carbons (Fsp3) is 1.00. The van der Waals surface area contributed by atoms with Crippen molar-refractivity contribution in [3.63, 3.8) is 0 Å². The Morgan fingerprint density at radius 3 is 2.79 bits per heavy atom. The van der Waals surface area contributed by atoms with E-state index in [2.05, 4.69) is 17.1 Å². The van der Waals surface area contributed by atoms with Crippen LogP contribution >= 0.6 is 0 Å². The lowest BCUT2D eigenvalue weighted by Crippen LogP contribution is -2.51. The van der Waals surface area contributed by atoms with Crippen LogP contribution in [0.4, 0.5) is 0 Å². The summed E-state index contributed by atoms with van der Waals surface area (Å²) in [5.74, 6) is 1.04. The van der Waals surface area contributed by atoms with E-state index in [9.17, 15) is 0 Å². The molecule has 1 aliphatic carbocycles. The number of fused-ring (bicyclic) bond motifs is 1. The standard InChI is InChI=1S/C17H32N2/c1-2-9-17(10-11-18-13-17)14-19-12-5-7-15-6-3-4-8-16(15)19/h15-16,18H,2-14H2,1H3. The maximum atomic E-state index is 3.63. The summed E-state index contributed by atoms with van der Waals surface area (Å²) in [6, 6.07) is 0.942. The highest BCUT2D eigenvalue weighted by molar-refractivity contribution is 4.95. The maximum Gasteiger partial charge on any atom is 0.0124 e. The quantitative estimate of drug-likeness (QED) is 0.837.